The largest absolute Gasteiger partial charge is 0.487 e. The maximum Gasteiger partial charge on any atom is 0.275 e. The van der Waals surface area contributed by atoms with E-state index in [1.165, 1.54) is 6.07 Å². The summed E-state index contributed by atoms with van der Waals surface area (Å²) in [5.74, 6) is -0.855. The van der Waals surface area contributed by atoms with Crippen LogP contribution in [-0.4, -0.2) is 29.9 Å². The Labute approximate surface area is 117 Å². The van der Waals surface area contributed by atoms with E-state index in [1.54, 1.807) is 0 Å². The van der Waals surface area contributed by atoms with Crippen LogP contribution >= 0.6 is 0 Å². The number of ether oxygens (including phenoxy) is 1. The van der Waals surface area contributed by atoms with Crippen LogP contribution in [-0.2, 0) is 0 Å². The van der Waals surface area contributed by atoms with Crippen molar-refractivity contribution in [2.45, 2.75) is 6.43 Å². The zero-order valence-electron chi connectivity index (χ0n) is 10.6. The van der Waals surface area contributed by atoms with Crippen molar-refractivity contribution in [3.8, 4) is 5.75 Å². The summed E-state index contributed by atoms with van der Waals surface area (Å²) in [6.07, 6.45) is -2.72. The highest BCUT2D eigenvalue weighted by atomic mass is 19.3. The molecule has 9 nitrogen and oxygen atoms in total. The first-order chi connectivity index (χ1) is 9.77. The Balaban J connectivity index is 3.13. The van der Waals surface area contributed by atoms with Crippen molar-refractivity contribution in [1.29, 1.82) is 0 Å². The van der Waals surface area contributed by atoms with Crippen LogP contribution in [0.4, 0.5) is 20.2 Å². The van der Waals surface area contributed by atoms with Gasteiger partial charge in [0.05, 0.1) is 16.7 Å². The van der Waals surface area contributed by atoms with Gasteiger partial charge < -0.3 is 21.9 Å². The van der Waals surface area contributed by atoms with E-state index in [1.807, 2.05) is 0 Å². The minimum Gasteiger partial charge on any atom is -0.487 e. The van der Waals surface area contributed by atoms with Gasteiger partial charge in [-0.15, -0.1) is 0 Å². The predicted molar refractivity (Wildman–Crippen MR) is 71.7 cm³/mol. The topological polar surface area (TPSA) is 155 Å². The smallest absolute Gasteiger partial charge is 0.275 e. The van der Waals surface area contributed by atoms with Gasteiger partial charge in [-0.25, -0.2) is 13.8 Å². The van der Waals surface area contributed by atoms with Gasteiger partial charge in [-0.05, 0) is 0 Å². The van der Waals surface area contributed by atoms with Gasteiger partial charge in [0, 0.05) is 12.1 Å². The number of benzene rings is 1. The minimum absolute atomic E-state index is 0.0176. The highest BCUT2D eigenvalue weighted by Crippen LogP contribution is 2.28. The number of nitro benzene ring substituents is 1. The summed E-state index contributed by atoms with van der Waals surface area (Å²) >= 11 is 0. The number of non-ortho nitro benzene ring substituents is 1. The summed E-state index contributed by atoms with van der Waals surface area (Å²) in [6, 6.07) is 3.23. The van der Waals surface area contributed by atoms with E-state index < -0.39 is 23.6 Å². The number of aliphatic imine (C=N–C) groups is 2. The van der Waals surface area contributed by atoms with Gasteiger partial charge in [0.2, 0.25) is 5.96 Å². The summed E-state index contributed by atoms with van der Waals surface area (Å²) in [5, 5.41) is 10.8. The van der Waals surface area contributed by atoms with Crippen LogP contribution in [0.3, 0.4) is 0 Å². The lowest BCUT2D eigenvalue weighted by molar-refractivity contribution is -0.384. The number of guanidine groups is 2. The summed E-state index contributed by atoms with van der Waals surface area (Å²) in [6.45, 7) is -0.909. The standard InChI is InChI=1S/C10H12F2N6O3/c11-8(12)4-21-7-2-5(1-6(3-7)18(19)20)16-10(15)17-9(13)14/h1-3,8H,4H2,(H6,13,14,15,16,17). The number of nitrogens with zero attached hydrogens (tertiary/aromatic N) is 3. The highest BCUT2D eigenvalue weighted by molar-refractivity contribution is 5.93. The molecule has 0 unspecified atom stereocenters. The van der Waals surface area contributed by atoms with Crippen LogP contribution in [0.25, 0.3) is 0 Å². The van der Waals surface area contributed by atoms with Gasteiger partial charge in [0.1, 0.15) is 12.4 Å². The fourth-order valence-electron chi connectivity index (χ4n) is 1.27. The molecule has 0 aromatic heterocycles. The quantitative estimate of drug-likeness (QED) is 0.310. The van der Waals surface area contributed by atoms with Gasteiger partial charge in [0.25, 0.3) is 12.1 Å². The molecular weight excluding hydrogens is 290 g/mol. The second-order valence-corrected chi connectivity index (χ2v) is 3.65. The van der Waals surface area contributed by atoms with E-state index >= 15 is 0 Å². The molecular formula is C10H12F2N6O3. The van der Waals surface area contributed by atoms with E-state index in [0.717, 1.165) is 12.1 Å². The first-order valence-corrected chi connectivity index (χ1v) is 5.42. The normalized spacial score (nSPS) is 11.3. The monoisotopic (exact) mass is 302 g/mol. The average molecular weight is 302 g/mol. The molecule has 11 heteroatoms. The second-order valence-electron chi connectivity index (χ2n) is 3.65. The lowest BCUT2D eigenvalue weighted by atomic mass is 10.2. The molecule has 0 aliphatic rings. The SMILES string of the molecule is NC(N)=NC(N)=Nc1cc(OCC(F)F)cc([N+](=O)[O-])c1. The fraction of sp³-hybridized carbons (Fsp3) is 0.200. The number of rotatable bonds is 5. The minimum atomic E-state index is -2.72. The molecule has 1 aromatic rings. The van der Waals surface area contributed by atoms with E-state index in [2.05, 4.69) is 9.98 Å². The van der Waals surface area contributed by atoms with Crippen molar-refractivity contribution in [3.05, 3.63) is 28.3 Å². The summed E-state index contributed by atoms with van der Waals surface area (Å²) in [4.78, 5) is 17.2. The maximum atomic E-state index is 12.1. The third-order valence-electron chi connectivity index (χ3n) is 1.95. The number of nitro groups is 1. The number of alkyl halides is 2. The van der Waals surface area contributed by atoms with E-state index in [4.69, 9.17) is 21.9 Å². The van der Waals surface area contributed by atoms with Crippen molar-refractivity contribution < 1.29 is 18.4 Å². The molecule has 0 fully saturated rings. The molecule has 0 saturated carbocycles. The molecule has 0 saturated heterocycles. The van der Waals surface area contributed by atoms with Crippen LogP contribution in [0.1, 0.15) is 0 Å². The average Bonchev–Trinajstić information content (AvgIpc) is 2.34. The molecule has 0 spiro atoms. The van der Waals surface area contributed by atoms with E-state index in [0.29, 0.717) is 0 Å². The molecule has 0 heterocycles. The number of nitrogens with two attached hydrogens (primary N) is 3. The van der Waals surface area contributed by atoms with Crippen LogP contribution < -0.4 is 21.9 Å². The lowest BCUT2D eigenvalue weighted by Gasteiger charge is -2.06. The highest BCUT2D eigenvalue weighted by Gasteiger charge is 2.12. The van der Waals surface area contributed by atoms with Crippen LogP contribution in [0, 0.1) is 10.1 Å². The number of halogens is 2. The zero-order valence-corrected chi connectivity index (χ0v) is 10.6. The van der Waals surface area contributed by atoms with E-state index in [-0.39, 0.29) is 23.4 Å². The van der Waals surface area contributed by atoms with Gasteiger partial charge in [-0.3, -0.25) is 10.1 Å². The molecule has 0 bridgehead atoms. The third kappa shape index (κ3) is 5.67. The van der Waals surface area contributed by atoms with Crippen LogP contribution in [0.15, 0.2) is 28.2 Å². The summed E-state index contributed by atoms with van der Waals surface area (Å²) < 4.78 is 28.9. The number of hydrogen-bond acceptors (Lipinski definition) is 4. The Morgan fingerprint density at radius 3 is 2.52 bits per heavy atom. The van der Waals surface area contributed by atoms with Gasteiger partial charge in [-0.1, -0.05) is 0 Å². The Morgan fingerprint density at radius 2 is 2.00 bits per heavy atom. The van der Waals surface area contributed by atoms with Crippen LogP contribution in [0.5, 0.6) is 5.75 Å². The maximum absolute atomic E-state index is 12.1. The third-order valence-corrected chi connectivity index (χ3v) is 1.95. The first kappa shape index (κ1) is 16.1. The molecule has 0 aliphatic carbocycles. The first-order valence-electron chi connectivity index (χ1n) is 5.42. The molecule has 0 atom stereocenters. The summed E-state index contributed by atoms with van der Waals surface area (Å²) in [7, 11) is 0. The molecule has 0 amide bonds. The molecule has 0 radical (unpaired) electrons. The summed E-state index contributed by atoms with van der Waals surface area (Å²) in [5.41, 5.74) is 15.1. The van der Waals surface area contributed by atoms with Crippen molar-refractivity contribution >= 4 is 23.3 Å². The molecule has 0 aliphatic heterocycles. The Hall–Kier alpha value is -2.98. The van der Waals surface area contributed by atoms with Crippen LogP contribution in [0.2, 0.25) is 0 Å². The fourth-order valence-corrected chi connectivity index (χ4v) is 1.27. The molecule has 6 N–H and O–H groups in total. The second kappa shape index (κ2) is 6.98. The molecule has 1 rings (SSSR count). The zero-order chi connectivity index (χ0) is 16.0. The molecule has 114 valence electrons. The van der Waals surface area contributed by atoms with Crippen molar-refractivity contribution in [2.75, 3.05) is 6.61 Å². The number of hydrogen-bond donors (Lipinski definition) is 3. The Kier molecular flexibility index (Phi) is 5.34. The van der Waals surface area contributed by atoms with Crippen molar-refractivity contribution in [2.24, 2.45) is 27.2 Å². The van der Waals surface area contributed by atoms with Crippen molar-refractivity contribution in [3.63, 3.8) is 0 Å². The lowest BCUT2D eigenvalue weighted by Crippen LogP contribution is -2.26. The van der Waals surface area contributed by atoms with E-state index in [9.17, 15) is 18.9 Å². The van der Waals surface area contributed by atoms with Gasteiger partial charge in [-0.2, -0.15) is 4.99 Å². The van der Waals surface area contributed by atoms with Crippen molar-refractivity contribution in [1.82, 2.24) is 0 Å². The van der Waals surface area contributed by atoms with Gasteiger partial charge in [0.15, 0.2) is 5.96 Å². The Bertz CT molecular complexity index is 586. The molecule has 21 heavy (non-hydrogen) atoms. The molecule has 1 aromatic carbocycles. The van der Waals surface area contributed by atoms with Gasteiger partial charge >= 0.3 is 0 Å². The predicted octanol–water partition coefficient (Wildman–Crippen LogP) is 0.458. The Morgan fingerprint density at radius 1 is 1.33 bits per heavy atom.